The molecule has 10 heteroatoms. The Bertz CT molecular complexity index is 3200. The van der Waals surface area contributed by atoms with E-state index in [1.165, 1.54) is 0 Å². The standard InChI is InChI=1S/C60H38N6O.CH4IPS/c61-39-46(40-62)58-56-23-13-14-24-57(56)59(47(41-63)42-64)60(58)45-37-54(35-29-43-25-31-52(32-26-43)65(48-15-5-1-6-16-48)49-17-7-2-8-18-49)67-55(38-45)36-30-44-27-33-53(34-28-44)66(50-19-9-3-10-20-50)51-21-11-4-12-22-51;1-4(2)3/h1-38H;3H,1H3/b35-29+,36-30+;/i;3T. The van der Waals surface area contributed by atoms with Crippen LogP contribution in [-0.4, -0.2) is 7.53 Å². The Kier molecular flexibility index (Phi) is 15.8. The van der Waals surface area contributed by atoms with Crippen LogP contribution in [0.2, 0.25) is 0 Å². The van der Waals surface area contributed by atoms with Crippen molar-refractivity contribution < 1.29 is 4.74 Å². The third-order valence-electron chi connectivity index (χ3n) is 11.3. The molecule has 7 aromatic rings. The Hall–Kier alpha value is -8.54. The molecule has 0 bridgehead atoms. The first kappa shape index (κ1) is 47.5. The number of allylic oxidation sites excluding steroid dienone is 10. The van der Waals surface area contributed by atoms with Gasteiger partial charge in [0.2, 0.25) is 0 Å². The minimum absolute atomic E-state index is 0.136. The van der Waals surface area contributed by atoms with Gasteiger partial charge in [-0.25, -0.2) is 0 Å². The van der Waals surface area contributed by atoms with Gasteiger partial charge in [0.25, 0.3) is 0 Å². The van der Waals surface area contributed by atoms with Crippen molar-refractivity contribution in [3.63, 3.8) is 0 Å². The Morgan fingerprint density at radius 1 is 0.479 bits per heavy atom. The van der Waals surface area contributed by atoms with Crippen LogP contribution in [0.1, 0.15) is 22.3 Å². The molecule has 340 valence electrons. The molecule has 0 spiro atoms. The van der Waals surface area contributed by atoms with Crippen molar-refractivity contribution in [1.29, 1.82) is 22.3 Å². The maximum atomic E-state index is 10.3. The van der Waals surface area contributed by atoms with Crippen LogP contribution in [0.25, 0.3) is 23.3 Å². The fourth-order valence-corrected chi connectivity index (χ4v) is 8.28. The Balaban J connectivity index is 0.00000132. The van der Waals surface area contributed by atoms with Crippen molar-refractivity contribution in [2.45, 2.75) is 0 Å². The van der Waals surface area contributed by atoms with Gasteiger partial charge in [-0.05, 0) is 152 Å². The van der Waals surface area contributed by atoms with E-state index in [2.05, 4.69) is 128 Å². The minimum Gasteiger partial charge on any atom is -0.457 e. The van der Waals surface area contributed by atoms with Crippen LogP contribution in [0.5, 0.6) is 0 Å². The molecule has 1 aliphatic heterocycles. The molecule has 0 radical (unpaired) electrons. The fourth-order valence-electron chi connectivity index (χ4n) is 8.28. The molecule has 0 fully saturated rings. The summed E-state index contributed by atoms with van der Waals surface area (Å²) in [5.74, 6) is 0.919. The van der Waals surface area contributed by atoms with Gasteiger partial charge >= 0.3 is 0 Å². The van der Waals surface area contributed by atoms with Crippen LogP contribution in [-0.2, 0) is 12.0 Å². The average molecular weight is 1070 g/mol. The SMILES string of the molecule is N#CC(C#N)=C1C(=C2C=C(/C=C/c3ccc(N(c4ccccc4)c4ccccc4)cc3)OC(/C=C/c3ccc(N(c4ccccc4)c4ccccc4)cc3)=C2)C(=C(C#N)C#N)c2ccccc21.[3H]P=S(C)I. The number of benzene rings is 7. The molecule has 7 aromatic carbocycles. The quantitative estimate of drug-likeness (QED) is 0.0762. The minimum atomic E-state index is -0.136. The molecule has 71 heavy (non-hydrogen) atoms. The summed E-state index contributed by atoms with van der Waals surface area (Å²) < 4.78 is 13.2. The predicted molar refractivity (Wildman–Crippen MR) is 303 cm³/mol. The number of para-hydroxylation sites is 4. The van der Waals surface area contributed by atoms with E-state index >= 15 is 0 Å². The normalized spacial score (nSPS) is 13.2. The van der Waals surface area contributed by atoms with E-state index in [-0.39, 0.29) is 18.4 Å². The van der Waals surface area contributed by atoms with Crippen LogP contribution in [0, 0.1) is 45.3 Å². The van der Waals surface area contributed by atoms with E-state index in [0.717, 1.165) is 53.2 Å². The number of rotatable bonds is 10. The second-order valence-electron chi connectivity index (χ2n) is 15.8. The van der Waals surface area contributed by atoms with Gasteiger partial charge in [0.1, 0.15) is 46.9 Å². The molecule has 1 unspecified atom stereocenters. The molecular formula is C61H42IN6OPS. The molecule has 0 saturated carbocycles. The smallest absolute Gasteiger partial charge is 0.138 e. The highest BCUT2D eigenvalue weighted by molar-refractivity contribution is 14.2. The summed E-state index contributed by atoms with van der Waals surface area (Å²) >= 11 is 2.23. The van der Waals surface area contributed by atoms with E-state index in [9.17, 15) is 21.0 Å². The summed E-state index contributed by atoms with van der Waals surface area (Å²) in [5, 5.41) is 41.1. The zero-order chi connectivity index (χ0) is 50.2. The Morgan fingerprint density at radius 2 is 0.775 bits per heavy atom. The highest BCUT2D eigenvalue weighted by Gasteiger charge is 2.34. The first-order valence-corrected chi connectivity index (χ1v) is 27.5. The largest absolute Gasteiger partial charge is 0.457 e. The molecule has 2 aliphatic rings. The van der Waals surface area contributed by atoms with Crippen molar-refractivity contribution >= 4 is 93.8 Å². The van der Waals surface area contributed by atoms with Crippen molar-refractivity contribution in [1.82, 2.24) is 0 Å². The first-order valence-electron chi connectivity index (χ1n) is 22.7. The molecular weight excluding hydrogens is 1020 g/mol. The van der Waals surface area contributed by atoms with Crippen LogP contribution in [0.15, 0.2) is 252 Å². The van der Waals surface area contributed by atoms with Crippen molar-refractivity contribution in [2.75, 3.05) is 16.1 Å². The third-order valence-corrected chi connectivity index (χ3v) is 11.3. The molecule has 0 saturated heterocycles. The van der Waals surface area contributed by atoms with Crippen molar-refractivity contribution in [3.05, 3.63) is 274 Å². The number of ether oxygens (including phenoxy) is 1. The molecule has 1 heterocycles. The lowest BCUT2D eigenvalue weighted by Gasteiger charge is -2.25. The van der Waals surface area contributed by atoms with E-state index < -0.39 is 0 Å². The van der Waals surface area contributed by atoms with Gasteiger partial charge in [-0.2, -0.15) is 21.0 Å². The van der Waals surface area contributed by atoms with Crippen LogP contribution >= 0.6 is 29.2 Å². The summed E-state index contributed by atoms with van der Waals surface area (Å²) in [7, 11) is 1.05. The van der Waals surface area contributed by atoms with Gasteiger partial charge in [-0.1, -0.05) is 141 Å². The van der Waals surface area contributed by atoms with E-state index in [0.29, 0.717) is 44.9 Å². The highest BCUT2D eigenvalue weighted by atomic mass is 127. The number of hydrogen-bond donors (Lipinski definition) is 0. The first-order chi connectivity index (χ1) is 35.3. The Labute approximate surface area is 432 Å². The number of hydrogen-bond acceptors (Lipinski definition) is 7. The van der Waals surface area contributed by atoms with Gasteiger partial charge in [0.05, 0.1) is 1.28 Å². The summed E-state index contributed by atoms with van der Waals surface area (Å²) in [5.41, 5.74) is 10.5. The molecule has 7 nitrogen and oxygen atoms in total. The predicted octanol–water partition coefficient (Wildman–Crippen LogP) is 16.4. The van der Waals surface area contributed by atoms with Gasteiger partial charge in [0.15, 0.2) is 0 Å². The molecule has 1 atom stereocenters. The van der Waals surface area contributed by atoms with E-state index in [4.69, 9.17) is 6.02 Å². The highest BCUT2D eigenvalue weighted by Crippen LogP contribution is 2.50. The topological polar surface area (TPSA) is 111 Å². The monoisotopic (exact) mass is 1070 g/mol. The maximum Gasteiger partial charge on any atom is 0.138 e. The fraction of sp³-hybridized carbons (Fsp3) is 0.0164. The molecule has 1 aliphatic carbocycles. The second kappa shape index (κ2) is 23.7. The molecule has 0 N–H and O–H groups in total. The third kappa shape index (κ3) is 11.7. The lowest BCUT2D eigenvalue weighted by molar-refractivity contribution is 0.332. The number of anilines is 6. The maximum absolute atomic E-state index is 10.3. The van der Waals surface area contributed by atoms with Gasteiger partial charge in [-0.15, -0.1) is 7.24 Å². The van der Waals surface area contributed by atoms with E-state index in [1.54, 1.807) is 24.3 Å². The zero-order valence-corrected chi connectivity index (χ0v) is 42.1. The summed E-state index contributed by atoms with van der Waals surface area (Å²) in [6, 6.07) is 72.8. The van der Waals surface area contributed by atoms with Crippen molar-refractivity contribution in [2.24, 2.45) is 0 Å². The average Bonchev–Trinajstić information content (AvgIpc) is 3.77. The van der Waals surface area contributed by atoms with Crippen LogP contribution < -0.4 is 9.80 Å². The number of halogens is 1. The van der Waals surface area contributed by atoms with Crippen LogP contribution in [0.4, 0.5) is 34.1 Å². The summed E-state index contributed by atoms with van der Waals surface area (Å²) in [6.07, 6.45) is 13.3. The van der Waals surface area contributed by atoms with Crippen LogP contribution in [0.3, 0.4) is 0 Å². The lowest BCUT2D eigenvalue weighted by atomic mass is 9.90. The molecule has 0 amide bonds. The summed E-state index contributed by atoms with van der Waals surface area (Å²) in [4.78, 5) is 4.39. The zero-order valence-electron chi connectivity index (χ0n) is 39.3. The second-order valence-corrected chi connectivity index (χ2v) is 24.3. The van der Waals surface area contributed by atoms with Crippen molar-refractivity contribution in [3.8, 4) is 24.3 Å². The molecule has 0 aromatic heterocycles. The molecule has 9 rings (SSSR count). The number of nitriles is 4. The lowest BCUT2D eigenvalue weighted by Crippen LogP contribution is -2.09. The van der Waals surface area contributed by atoms with Gasteiger partial charge in [0, 0.05) is 50.8 Å². The van der Waals surface area contributed by atoms with Gasteiger partial charge < -0.3 is 14.5 Å². The summed E-state index contributed by atoms with van der Waals surface area (Å²) in [6.45, 7) is 0. The Morgan fingerprint density at radius 3 is 1.07 bits per heavy atom. The van der Waals surface area contributed by atoms with E-state index in [1.807, 2.05) is 140 Å². The number of nitrogens with zero attached hydrogens (tertiary/aromatic N) is 6. The van der Waals surface area contributed by atoms with Gasteiger partial charge in [-0.3, -0.25) is 0 Å². The number of fused-ring (bicyclic) bond motifs is 1.